The molecule has 0 spiro atoms. The van der Waals surface area contributed by atoms with E-state index in [0.29, 0.717) is 5.82 Å². The summed E-state index contributed by atoms with van der Waals surface area (Å²) in [5, 5.41) is 3.29. The van der Waals surface area contributed by atoms with E-state index in [-0.39, 0.29) is 10.8 Å². The van der Waals surface area contributed by atoms with E-state index in [1.54, 1.807) is 0 Å². The minimum atomic E-state index is -0.149. The maximum Gasteiger partial charge on any atom is 0.160 e. The molecular weight excluding hydrogens is 611 g/mol. The van der Waals surface area contributed by atoms with Crippen LogP contribution in [0.2, 0.25) is 0 Å². The van der Waals surface area contributed by atoms with Crippen LogP contribution in [0.3, 0.4) is 0 Å². The van der Waals surface area contributed by atoms with Gasteiger partial charge in [0.05, 0.1) is 33.6 Å². The maximum atomic E-state index is 5.38. The highest BCUT2D eigenvalue weighted by atomic mass is 14.9. The van der Waals surface area contributed by atoms with Gasteiger partial charge in [0.2, 0.25) is 0 Å². The average Bonchev–Trinajstić information content (AvgIpc) is 3.13. The zero-order valence-corrected chi connectivity index (χ0v) is 29.4. The lowest BCUT2D eigenvalue weighted by Crippen LogP contribution is -2.14. The minimum absolute atomic E-state index is 0.0937. The Bertz CT molecular complexity index is 2550. The van der Waals surface area contributed by atoms with Gasteiger partial charge < -0.3 is 0 Å². The van der Waals surface area contributed by atoms with Gasteiger partial charge in [-0.2, -0.15) is 0 Å². The lowest BCUT2D eigenvalue weighted by atomic mass is 9.83. The van der Waals surface area contributed by atoms with Crippen molar-refractivity contribution in [1.82, 2.24) is 24.9 Å². The van der Waals surface area contributed by atoms with Gasteiger partial charge in [0.1, 0.15) is 0 Å². The third-order valence-electron chi connectivity index (χ3n) is 9.34. The number of nitrogens with zero attached hydrogens (tertiary/aromatic N) is 5. The lowest BCUT2D eigenvalue weighted by Gasteiger charge is -2.23. The second kappa shape index (κ2) is 12.0. The topological polar surface area (TPSA) is 64.5 Å². The summed E-state index contributed by atoms with van der Waals surface area (Å²) in [6.45, 7) is 13.4. The Morgan fingerprint density at radius 3 is 1.92 bits per heavy atom. The first-order valence-electron chi connectivity index (χ1n) is 17.2. The first-order chi connectivity index (χ1) is 24.0. The summed E-state index contributed by atoms with van der Waals surface area (Å²) >= 11 is 0. The van der Waals surface area contributed by atoms with Gasteiger partial charge in [-0.1, -0.05) is 133 Å². The number of hydrogen-bond donors (Lipinski definition) is 0. The molecule has 0 atom stereocenters. The molecule has 0 saturated heterocycles. The number of fused-ring (bicyclic) bond motifs is 4. The van der Waals surface area contributed by atoms with Crippen molar-refractivity contribution < 1.29 is 0 Å². The molecule has 0 bridgehead atoms. The molecule has 5 nitrogen and oxygen atoms in total. The summed E-state index contributed by atoms with van der Waals surface area (Å²) in [4.78, 5) is 25.7. The molecule has 0 aliphatic heterocycles. The van der Waals surface area contributed by atoms with Crippen molar-refractivity contribution in [2.24, 2.45) is 0 Å². The number of para-hydroxylation sites is 1. The SMILES string of the molecule is CC(C)(C)c1ccc2ccc3c(C(C)(C)C)cc(-c4cc(-c5ccccc5)nc(-c5cccc(-c6cccc7cccnc67)c5)n4)nc3c2n1. The van der Waals surface area contributed by atoms with Gasteiger partial charge in [0.15, 0.2) is 5.82 Å². The molecule has 0 radical (unpaired) electrons. The Balaban J connectivity index is 1.37. The van der Waals surface area contributed by atoms with Gasteiger partial charge in [-0.3, -0.25) is 4.98 Å². The van der Waals surface area contributed by atoms with Crippen LogP contribution in [-0.4, -0.2) is 24.9 Å². The molecule has 8 rings (SSSR count). The summed E-state index contributed by atoms with van der Waals surface area (Å²) in [5.74, 6) is 0.640. The maximum absolute atomic E-state index is 5.38. The van der Waals surface area contributed by atoms with Crippen LogP contribution in [-0.2, 0) is 10.8 Å². The Labute approximate surface area is 293 Å². The molecule has 0 aliphatic carbocycles. The zero-order valence-electron chi connectivity index (χ0n) is 29.4. The highest BCUT2D eigenvalue weighted by Crippen LogP contribution is 2.37. The molecular formula is C45H39N5. The lowest BCUT2D eigenvalue weighted by molar-refractivity contribution is 0.571. The Morgan fingerprint density at radius 2 is 1.12 bits per heavy atom. The van der Waals surface area contributed by atoms with Crippen LogP contribution in [0.5, 0.6) is 0 Å². The van der Waals surface area contributed by atoms with Crippen molar-refractivity contribution >= 4 is 32.7 Å². The number of aromatic nitrogens is 5. The Hall–Kier alpha value is -5.81. The molecule has 4 heterocycles. The van der Waals surface area contributed by atoms with Crippen LogP contribution in [0.25, 0.3) is 77.9 Å². The fourth-order valence-electron chi connectivity index (χ4n) is 6.67. The Morgan fingerprint density at radius 1 is 0.440 bits per heavy atom. The summed E-state index contributed by atoms with van der Waals surface area (Å²) in [7, 11) is 0. The van der Waals surface area contributed by atoms with E-state index in [4.69, 9.17) is 24.9 Å². The molecule has 8 aromatic rings. The number of pyridine rings is 3. The zero-order chi connectivity index (χ0) is 34.6. The highest BCUT2D eigenvalue weighted by molar-refractivity contribution is 6.05. The highest BCUT2D eigenvalue weighted by Gasteiger charge is 2.23. The quantitative estimate of drug-likeness (QED) is 0.178. The smallest absolute Gasteiger partial charge is 0.160 e. The molecule has 0 unspecified atom stereocenters. The molecule has 0 N–H and O–H groups in total. The third-order valence-corrected chi connectivity index (χ3v) is 9.34. The minimum Gasteiger partial charge on any atom is -0.256 e. The van der Waals surface area contributed by atoms with Crippen LogP contribution in [0.15, 0.2) is 128 Å². The fourth-order valence-corrected chi connectivity index (χ4v) is 6.67. The van der Waals surface area contributed by atoms with Crippen LogP contribution >= 0.6 is 0 Å². The molecule has 0 amide bonds. The van der Waals surface area contributed by atoms with Gasteiger partial charge >= 0.3 is 0 Å². The van der Waals surface area contributed by atoms with Crippen molar-refractivity contribution in [3.63, 3.8) is 0 Å². The average molecular weight is 650 g/mol. The predicted octanol–water partition coefficient (Wildman–Crippen LogP) is 11.4. The normalized spacial score (nSPS) is 12.2. The first-order valence-corrected chi connectivity index (χ1v) is 17.2. The van der Waals surface area contributed by atoms with Crippen LogP contribution in [0.4, 0.5) is 0 Å². The molecule has 0 saturated carbocycles. The van der Waals surface area contributed by atoms with Crippen molar-refractivity contribution in [2.45, 2.75) is 52.4 Å². The Kier molecular flexibility index (Phi) is 7.52. The van der Waals surface area contributed by atoms with Gasteiger partial charge in [-0.15, -0.1) is 0 Å². The van der Waals surface area contributed by atoms with Crippen molar-refractivity contribution in [2.75, 3.05) is 0 Å². The first kappa shape index (κ1) is 31.5. The molecule has 4 aromatic heterocycles. The second-order valence-corrected chi connectivity index (χ2v) is 15.1. The summed E-state index contributed by atoms with van der Waals surface area (Å²) in [6.07, 6.45) is 1.85. The van der Waals surface area contributed by atoms with Crippen molar-refractivity contribution in [3.05, 3.63) is 139 Å². The van der Waals surface area contributed by atoms with Gasteiger partial charge in [0, 0.05) is 50.2 Å². The number of rotatable bonds is 4. The van der Waals surface area contributed by atoms with Gasteiger partial charge in [-0.25, -0.2) is 19.9 Å². The van der Waals surface area contributed by atoms with E-state index in [2.05, 4.69) is 139 Å². The number of benzene rings is 4. The van der Waals surface area contributed by atoms with Crippen LogP contribution in [0, 0.1) is 0 Å². The standard InChI is InChI=1S/C45H39N5/c1-44(2,3)35-26-37(47-42-34(35)22-20-30-21-23-39(45(4,5)6)50-41(30)42)38-27-36(28-13-8-7-9-14-28)48-43(49-38)32-17-10-16-31(25-32)33-19-11-15-29-18-12-24-46-40(29)33/h7-27H,1-6H3. The van der Waals surface area contributed by atoms with E-state index in [1.165, 1.54) is 5.56 Å². The van der Waals surface area contributed by atoms with Crippen LogP contribution in [0.1, 0.15) is 52.8 Å². The molecule has 4 aromatic carbocycles. The summed E-state index contributed by atoms with van der Waals surface area (Å²) in [5.41, 5.74) is 11.3. The molecule has 50 heavy (non-hydrogen) atoms. The van der Waals surface area contributed by atoms with Crippen molar-refractivity contribution in [3.8, 4) is 45.2 Å². The third kappa shape index (κ3) is 5.79. The van der Waals surface area contributed by atoms with Crippen LogP contribution < -0.4 is 0 Å². The van der Waals surface area contributed by atoms with E-state index in [1.807, 2.05) is 30.5 Å². The summed E-state index contributed by atoms with van der Waals surface area (Å²) in [6, 6.07) is 42.0. The molecule has 0 fully saturated rings. The molecule has 244 valence electrons. The molecule has 0 aliphatic rings. The van der Waals surface area contributed by atoms with E-state index in [0.717, 1.165) is 77.7 Å². The van der Waals surface area contributed by atoms with Crippen molar-refractivity contribution in [1.29, 1.82) is 0 Å². The van der Waals surface area contributed by atoms with E-state index < -0.39 is 0 Å². The second-order valence-electron chi connectivity index (χ2n) is 15.1. The van der Waals surface area contributed by atoms with Gasteiger partial charge in [0.25, 0.3) is 0 Å². The number of hydrogen-bond acceptors (Lipinski definition) is 5. The van der Waals surface area contributed by atoms with E-state index in [9.17, 15) is 0 Å². The summed E-state index contributed by atoms with van der Waals surface area (Å²) < 4.78 is 0. The fraction of sp³-hybridized carbons (Fsp3) is 0.178. The largest absolute Gasteiger partial charge is 0.256 e. The van der Waals surface area contributed by atoms with Gasteiger partial charge in [-0.05, 0) is 46.9 Å². The predicted molar refractivity (Wildman–Crippen MR) is 207 cm³/mol. The molecule has 5 heteroatoms. The monoisotopic (exact) mass is 649 g/mol. The van der Waals surface area contributed by atoms with E-state index >= 15 is 0 Å².